The van der Waals surface area contributed by atoms with Gasteiger partial charge in [0.15, 0.2) is 0 Å². The number of pyridine rings is 1. The average Bonchev–Trinajstić information content (AvgIpc) is 3.55. The highest BCUT2D eigenvalue weighted by molar-refractivity contribution is 5.95. The van der Waals surface area contributed by atoms with Crippen molar-refractivity contribution in [2.75, 3.05) is 6.54 Å². The number of amides is 2. The van der Waals surface area contributed by atoms with Crippen molar-refractivity contribution < 1.29 is 9.59 Å². The Morgan fingerprint density at radius 3 is 2.73 bits per heavy atom. The van der Waals surface area contributed by atoms with Crippen LogP contribution in [-0.2, 0) is 17.6 Å². The number of benzene rings is 1. The molecule has 5 rings (SSSR count). The molecule has 2 bridgehead atoms. The molecule has 2 amide bonds. The average molecular weight is 446 g/mol. The molecule has 2 aliphatic heterocycles. The summed E-state index contributed by atoms with van der Waals surface area (Å²) in [6.07, 6.45) is 6.87. The van der Waals surface area contributed by atoms with E-state index in [1.54, 1.807) is 24.7 Å². The molecule has 0 saturated carbocycles. The SMILES string of the molecule is O=C(c1cccc(=O)[nH]1)N1[C@@H]2CC[C@H]1[C@@](Cc1ccccc1)(C(=O)NCCc1cnc[nH]1)C2. The maximum Gasteiger partial charge on any atom is 0.270 e. The fourth-order valence-electron chi connectivity index (χ4n) is 5.58. The number of carbonyl (C=O) groups is 2. The van der Waals surface area contributed by atoms with Gasteiger partial charge in [0.05, 0.1) is 11.7 Å². The molecule has 170 valence electrons. The molecule has 33 heavy (non-hydrogen) atoms. The van der Waals surface area contributed by atoms with Crippen LogP contribution in [0.3, 0.4) is 0 Å². The number of fused-ring (bicyclic) bond motifs is 2. The van der Waals surface area contributed by atoms with Gasteiger partial charge in [-0.15, -0.1) is 0 Å². The van der Waals surface area contributed by atoms with Crippen molar-refractivity contribution in [1.82, 2.24) is 25.2 Å². The second-order valence-corrected chi connectivity index (χ2v) is 8.99. The number of H-pyrrole nitrogens is 2. The van der Waals surface area contributed by atoms with Gasteiger partial charge >= 0.3 is 0 Å². The lowest BCUT2D eigenvalue weighted by Crippen LogP contribution is -2.51. The Morgan fingerprint density at radius 1 is 1.12 bits per heavy atom. The molecule has 2 saturated heterocycles. The van der Waals surface area contributed by atoms with Crippen LogP contribution >= 0.6 is 0 Å². The first-order valence-electron chi connectivity index (χ1n) is 11.4. The molecule has 0 radical (unpaired) electrons. The van der Waals surface area contributed by atoms with Gasteiger partial charge in [0.1, 0.15) is 5.69 Å². The molecule has 8 heteroatoms. The third-order valence-electron chi connectivity index (χ3n) is 7.02. The van der Waals surface area contributed by atoms with Crippen molar-refractivity contribution in [1.29, 1.82) is 0 Å². The van der Waals surface area contributed by atoms with Gasteiger partial charge in [-0.1, -0.05) is 36.4 Å². The largest absolute Gasteiger partial charge is 0.355 e. The lowest BCUT2D eigenvalue weighted by molar-refractivity contribution is -0.132. The summed E-state index contributed by atoms with van der Waals surface area (Å²) in [6.45, 7) is 0.495. The second-order valence-electron chi connectivity index (χ2n) is 8.99. The first-order chi connectivity index (χ1) is 16.1. The summed E-state index contributed by atoms with van der Waals surface area (Å²) >= 11 is 0. The minimum atomic E-state index is -0.705. The zero-order valence-electron chi connectivity index (χ0n) is 18.3. The summed E-state index contributed by atoms with van der Waals surface area (Å²) < 4.78 is 0. The fraction of sp³-hybridized carbons (Fsp3) is 0.360. The molecular weight excluding hydrogens is 418 g/mol. The molecule has 3 N–H and O–H groups in total. The highest BCUT2D eigenvalue weighted by Crippen LogP contribution is 2.52. The Kier molecular flexibility index (Phi) is 5.58. The van der Waals surface area contributed by atoms with Crippen LogP contribution in [0.15, 0.2) is 65.8 Å². The predicted octanol–water partition coefficient (Wildman–Crippen LogP) is 2.06. The van der Waals surface area contributed by atoms with Gasteiger partial charge in [-0.3, -0.25) is 14.4 Å². The van der Waals surface area contributed by atoms with E-state index in [1.807, 2.05) is 35.2 Å². The van der Waals surface area contributed by atoms with Crippen LogP contribution in [0.25, 0.3) is 0 Å². The highest BCUT2D eigenvalue weighted by atomic mass is 16.2. The summed E-state index contributed by atoms with van der Waals surface area (Å²) in [7, 11) is 0. The Labute approximate surface area is 191 Å². The second kappa shape index (κ2) is 8.69. The number of rotatable bonds is 7. The molecule has 0 unspecified atom stereocenters. The molecule has 2 aliphatic rings. The highest BCUT2D eigenvalue weighted by Gasteiger charge is 2.61. The van der Waals surface area contributed by atoms with Gasteiger partial charge in [-0.25, -0.2) is 4.98 Å². The maximum atomic E-state index is 13.7. The van der Waals surface area contributed by atoms with E-state index in [0.29, 0.717) is 25.8 Å². The van der Waals surface area contributed by atoms with Gasteiger partial charge < -0.3 is 20.2 Å². The van der Waals surface area contributed by atoms with Crippen molar-refractivity contribution in [3.8, 4) is 0 Å². The third-order valence-corrected chi connectivity index (χ3v) is 7.02. The molecule has 8 nitrogen and oxygen atoms in total. The fourth-order valence-corrected chi connectivity index (χ4v) is 5.58. The van der Waals surface area contributed by atoms with Gasteiger partial charge in [0.2, 0.25) is 11.5 Å². The van der Waals surface area contributed by atoms with Crippen LogP contribution in [0, 0.1) is 5.41 Å². The Bertz CT molecular complexity index is 1190. The van der Waals surface area contributed by atoms with E-state index in [2.05, 4.69) is 20.3 Å². The van der Waals surface area contributed by atoms with Crippen molar-refractivity contribution >= 4 is 11.8 Å². The van der Waals surface area contributed by atoms with Crippen LogP contribution in [0.4, 0.5) is 0 Å². The lowest BCUT2D eigenvalue weighted by atomic mass is 9.69. The first-order valence-corrected chi connectivity index (χ1v) is 11.4. The number of nitrogens with zero attached hydrogens (tertiary/aromatic N) is 2. The quantitative estimate of drug-likeness (QED) is 0.517. The van der Waals surface area contributed by atoms with E-state index in [9.17, 15) is 14.4 Å². The Balaban J connectivity index is 1.42. The van der Waals surface area contributed by atoms with Gasteiger partial charge in [0, 0.05) is 43.0 Å². The van der Waals surface area contributed by atoms with Crippen LogP contribution in [-0.4, -0.2) is 50.3 Å². The van der Waals surface area contributed by atoms with E-state index >= 15 is 0 Å². The van der Waals surface area contributed by atoms with Crippen molar-refractivity contribution in [2.45, 2.75) is 44.2 Å². The van der Waals surface area contributed by atoms with Crippen LogP contribution in [0.5, 0.6) is 0 Å². The molecular formula is C25H27N5O3. The number of aromatic amines is 2. The smallest absolute Gasteiger partial charge is 0.270 e. The topological polar surface area (TPSA) is 111 Å². The third kappa shape index (κ3) is 3.97. The molecule has 3 atom stereocenters. The number of hydrogen-bond donors (Lipinski definition) is 3. The summed E-state index contributed by atoms with van der Waals surface area (Å²) in [4.78, 5) is 50.5. The van der Waals surface area contributed by atoms with Crippen molar-refractivity contribution in [3.05, 3.63) is 88.4 Å². The number of imidazole rings is 1. The maximum absolute atomic E-state index is 13.7. The van der Waals surface area contributed by atoms with Gasteiger partial charge in [0.25, 0.3) is 5.91 Å². The van der Waals surface area contributed by atoms with Crippen LogP contribution in [0.2, 0.25) is 0 Å². The lowest BCUT2D eigenvalue weighted by Gasteiger charge is -2.36. The number of carbonyl (C=O) groups excluding carboxylic acids is 2. The minimum Gasteiger partial charge on any atom is -0.355 e. The number of aromatic nitrogens is 3. The minimum absolute atomic E-state index is 0.0163. The molecule has 0 spiro atoms. The molecule has 1 aromatic carbocycles. The summed E-state index contributed by atoms with van der Waals surface area (Å²) in [6, 6.07) is 14.4. The van der Waals surface area contributed by atoms with E-state index in [-0.39, 0.29) is 35.2 Å². The van der Waals surface area contributed by atoms with E-state index in [0.717, 1.165) is 24.1 Å². The predicted molar refractivity (Wildman–Crippen MR) is 123 cm³/mol. The van der Waals surface area contributed by atoms with E-state index in [1.165, 1.54) is 6.07 Å². The zero-order chi connectivity index (χ0) is 22.8. The van der Waals surface area contributed by atoms with Crippen LogP contribution in [0.1, 0.15) is 41.0 Å². The molecule has 2 fully saturated rings. The molecule has 2 aromatic heterocycles. The molecule has 3 aromatic rings. The summed E-state index contributed by atoms with van der Waals surface area (Å²) in [5.74, 6) is -0.224. The summed E-state index contributed by atoms with van der Waals surface area (Å²) in [5.41, 5.74) is 1.30. The van der Waals surface area contributed by atoms with Gasteiger partial charge in [-0.05, 0) is 37.3 Å². The normalized spacial score (nSPS) is 23.6. The zero-order valence-corrected chi connectivity index (χ0v) is 18.3. The standard InChI is InChI=1S/C25H27N5O3/c31-22-8-4-7-20(29-22)23(32)30-19-9-10-21(30)25(14-19,13-17-5-2-1-3-6-17)24(33)27-12-11-18-15-26-16-28-18/h1-8,15-16,19,21H,9-14H2,(H,26,28)(H,27,33)(H,29,31)/t19-,21+,25+/m1/s1. The first kappa shape index (κ1) is 21.2. The number of nitrogens with one attached hydrogen (secondary N) is 3. The van der Waals surface area contributed by atoms with Crippen molar-refractivity contribution in [2.24, 2.45) is 5.41 Å². The summed E-state index contributed by atoms with van der Waals surface area (Å²) in [5, 5.41) is 3.13. The number of hydrogen-bond acceptors (Lipinski definition) is 4. The van der Waals surface area contributed by atoms with Crippen molar-refractivity contribution in [3.63, 3.8) is 0 Å². The van der Waals surface area contributed by atoms with E-state index in [4.69, 9.17) is 0 Å². The Hall–Kier alpha value is -3.68. The molecule has 0 aliphatic carbocycles. The van der Waals surface area contributed by atoms with E-state index < -0.39 is 5.41 Å². The van der Waals surface area contributed by atoms with Crippen LogP contribution < -0.4 is 10.9 Å². The molecule has 4 heterocycles. The Morgan fingerprint density at radius 2 is 1.97 bits per heavy atom. The van der Waals surface area contributed by atoms with Gasteiger partial charge in [-0.2, -0.15) is 0 Å². The monoisotopic (exact) mass is 445 g/mol.